The molecule has 1 N–H and O–H groups in total. The van der Waals surface area contributed by atoms with Crippen LogP contribution in [0.3, 0.4) is 0 Å². The molecule has 29 heavy (non-hydrogen) atoms. The van der Waals surface area contributed by atoms with Gasteiger partial charge >= 0.3 is 0 Å². The number of nitrogens with zero attached hydrogens (tertiary/aromatic N) is 2. The zero-order chi connectivity index (χ0) is 20.5. The van der Waals surface area contributed by atoms with E-state index in [1.165, 1.54) is 5.56 Å². The smallest absolute Gasteiger partial charge is 0.145 e. The monoisotopic (exact) mass is 396 g/mol. The van der Waals surface area contributed by atoms with Crippen LogP contribution in [0.25, 0.3) is 0 Å². The largest absolute Gasteiger partial charge is 0.390 e. The molecule has 1 aliphatic rings. The second kappa shape index (κ2) is 11.1. The minimum atomic E-state index is -0.534. The summed E-state index contributed by atoms with van der Waals surface area (Å²) >= 11 is 0. The Labute approximate surface area is 173 Å². The standard InChI is InChI=1S/C24H32N2O3/c1-19(2)17-28-18-22(27)15-26(14-20-9-5-3-6-10-20)16-23-13-24(25-29-23)21-11-7-4-8-12-21/h3-12,19,22-23,27H,13-18H2,1-2H3. The van der Waals surface area contributed by atoms with E-state index in [4.69, 9.17) is 9.57 Å². The van der Waals surface area contributed by atoms with E-state index in [1.54, 1.807) is 0 Å². The summed E-state index contributed by atoms with van der Waals surface area (Å²) in [6, 6.07) is 20.5. The predicted octanol–water partition coefficient (Wildman–Crippen LogP) is 3.72. The molecule has 1 heterocycles. The molecule has 0 spiro atoms. The molecule has 0 radical (unpaired) electrons. The fraction of sp³-hybridized carbons (Fsp3) is 0.458. The first kappa shape index (κ1) is 21.5. The van der Waals surface area contributed by atoms with Crippen molar-refractivity contribution >= 4 is 5.71 Å². The van der Waals surface area contributed by atoms with Crippen LogP contribution in [0, 0.1) is 5.92 Å². The molecule has 0 aromatic heterocycles. The third-order valence-electron chi connectivity index (χ3n) is 4.78. The molecular weight excluding hydrogens is 364 g/mol. The average Bonchev–Trinajstić information content (AvgIpc) is 3.17. The van der Waals surface area contributed by atoms with Crippen molar-refractivity contribution in [2.24, 2.45) is 11.1 Å². The molecule has 0 saturated carbocycles. The fourth-order valence-electron chi connectivity index (χ4n) is 3.45. The van der Waals surface area contributed by atoms with Crippen molar-refractivity contribution in [1.29, 1.82) is 0 Å². The molecule has 0 amide bonds. The van der Waals surface area contributed by atoms with Crippen LogP contribution in [0.4, 0.5) is 0 Å². The van der Waals surface area contributed by atoms with Gasteiger partial charge in [0.15, 0.2) is 0 Å². The first-order valence-corrected chi connectivity index (χ1v) is 10.4. The number of rotatable bonds is 11. The van der Waals surface area contributed by atoms with Crippen LogP contribution in [0.5, 0.6) is 0 Å². The van der Waals surface area contributed by atoms with Gasteiger partial charge in [-0.25, -0.2) is 0 Å². The molecule has 0 saturated heterocycles. The highest BCUT2D eigenvalue weighted by atomic mass is 16.6. The predicted molar refractivity (Wildman–Crippen MR) is 116 cm³/mol. The average molecular weight is 397 g/mol. The summed E-state index contributed by atoms with van der Waals surface area (Å²) in [7, 11) is 0. The van der Waals surface area contributed by atoms with Crippen molar-refractivity contribution in [3.8, 4) is 0 Å². The Morgan fingerprint density at radius 3 is 2.45 bits per heavy atom. The molecule has 3 rings (SSSR count). The summed E-state index contributed by atoms with van der Waals surface area (Å²) in [6.07, 6.45) is 0.223. The maximum atomic E-state index is 10.5. The minimum absolute atomic E-state index is 0.0160. The van der Waals surface area contributed by atoms with Crippen LogP contribution in [0.2, 0.25) is 0 Å². The van der Waals surface area contributed by atoms with E-state index in [9.17, 15) is 5.11 Å². The van der Waals surface area contributed by atoms with Crippen LogP contribution >= 0.6 is 0 Å². The lowest BCUT2D eigenvalue weighted by Crippen LogP contribution is -2.39. The molecule has 2 unspecified atom stereocenters. The summed E-state index contributed by atoms with van der Waals surface area (Å²) < 4.78 is 5.62. The third kappa shape index (κ3) is 7.28. The molecule has 5 heteroatoms. The number of aliphatic hydroxyl groups excluding tert-OH is 1. The second-order valence-corrected chi connectivity index (χ2v) is 8.10. The second-order valence-electron chi connectivity index (χ2n) is 8.10. The van der Waals surface area contributed by atoms with Gasteiger partial charge in [-0.1, -0.05) is 79.7 Å². The van der Waals surface area contributed by atoms with Crippen molar-refractivity contribution in [1.82, 2.24) is 4.90 Å². The zero-order valence-electron chi connectivity index (χ0n) is 17.4. The van der Waals surface area contributed by atoms with Crippen LogP contribution in [0.1, 0.15) is 31.4 Å². The van der Waals surface area contributed by atoms with Gasteiger partial charge in [-0.15, -0.1) is 0 Å². The van der Waals surface area contributed by atoms with Gasteiger partial charge in [-0.05, 0) is 17.0 Å². The normalized spacial score (nSPS) is 17.4. The van der Waals surface area contributed by atoms with E-state index in [2.05, 4.69) is 48.2 Å². The lowest BCUT2D eigenvalue weighted by Gasteiger charge is -2.27. The maximum Gasteiger partial charge on any atom is 0.145 e. The topological polar surface area (TPSA) is 54.3 Å². The van der Waals surface area contributed by atoms with Crippen molar-refractivity contribution in [2.75, 3.05) is 26.3 Å². The quantitative estimate of drug-likeness (QED) is 0.629. The number of hydrogen-bond donors (Lipinski definition) is 1. The van der Waals surface area contributed by atoms with Crippen molar-refractivity contribution in [3.05, 3.63) is 71.8 Å². The highest BCUT2D eigenvalue weighted by molar-refractivity contribution is 6.01. The third-order valence-corrected chi connectivity index (χ3v) is 4.78. The Hall–Kier alpha value is -2.21. The summed E-state index contributed by atoms with van der Waals surface area (Å²) in [5.41, 5.74) is 3.30. The molecule has 1 aliphatic heterocycles. The molecule has 0 aliphatic carbocycles. The number of oxime groups is 1. The van der Waals surface area contributed by atoms with Crippen LogP contribution in [-0.2, 0) is 16.1 Å². The van der Waals surface area contributed by atoms with E-state index >= 15 is 0 Å². The highest BCUT2D eigenvalue weighted by Crippen LogP contribution is 2.18. The van der Waals surface area contributed by atoms with E-state index in [0.29, 0.717) is 32.2 Å². The number of ether oxygens (including phenoxy) is 1. The number of hydrogen-bond acceptors (Lipinski definition) is 5. The molecule has 156 valence electrons. The molecule has 5 nitrogen and oxygen atoms in total. The summed E-state index contributed by atoms with van der Waals surface area (Å²) in [4.78, 5) is 7.94. The first-order chi connectivity index (χ1) is 14.1. The van der Waals surface area contributed by atoms with Crippen LogP contribution in [0.15, 0.2) is 65.8 Å². The van der Waals surface area contributed by atoms with E-state index in [1.807, 2.05) is 36.4 Å². The summed E-state index contributed by atoms with van der Waals surface area (Å²) in [5.74, 6) is 0.461. The lowest BCUT2D eigenvalue weighted by atomic mass is 10.0. The molecule has 2 aromatic rings. The van der Waals surface area contributed by atoms with Crippen molar-refractivity contribution in [3.63, 3.8) is 0 Å². The number of aliphatic hydroxyl groups is 1. The molecule has 0 bridgehead atoms. The van der Waals surface area contributed by atoms with Gasteiger partial charge in [0.1, 0.15) is 6.10 Å². The van der Waals surface area contributed by atoms with E-state index in [0.717, 1.165) is 24.2 Å². The van der Waals surface area contributed by atoms with Gasteiger partial charge in [0, 0.05) is 32.7 Å². The minimum Gasteiger partial charge on any atom is -0.390 e. The Bertz CT molecular complexity index is 749. The first-order valence-electron chi connectivity index (χ1n) is 10.4. The van der Waals surface area contributed by atoms with Crippen molar-refractivity contribution in [2.45, 2.75) is 39.0 Å². The number of benzene rings is 2. The molecule has 2 aromatic carbocycles. The Kier molecular flexibility index (Phi) is 8.23. The van der Waals surface area contributed by atoms with Gasteiger partial charge in [-0.2, -0.15) is 0 Å². The fourth-order valence-corrected chi connectivity index (χ4v) is 3.45. The maximum absolute atomic E-state index is 10.5. The lowest BCUT2D eigenvalue weighted by molar-refractivity contribution is -0.00734. The summed E-state index contributed by atoms with van der Waals surface area (Å²) in [6.45, 7) is 7.22. The van der Waals surface area contributed by atoms with Crippen LogP contribution in [-0.4, -0.2) is 54.2 Å². The Morgan fingerprint density at radius 1 is 1.07 bits per heavy atom. The van der Waals surface area contributed by atoms with Crippen LogP contribution < -0.4 is 0 Å². The molecular formula is C24H32N2O3. The van der Waals surface area contributed by atoms with Gasteiger partial charge in [-0.3, -0.25) is 4.90 Å². The summed E-state index contributed by atoms with van der Waals surface area (Å²) in [5, 5.41) is 14.8. The van der Waals surface area contributed by atoms with Gasteiger partial charge in [0.25, 0.3) is 0 Å². The van der Waals surface area contributed by atoms with Gasteiger partial charge < -0.3 is 14.7 Å². The van der Waals surface area contributed by atoms with Gasteiger partial charge in [0.2, 0.25) is 0 Å². The molecule has 0 fully saturated rings. The van der Waals surface area contributed by atoms with E-state index in [-0.39, 0.29) is 6.10 Å². The Morgan fingerprint density at radius 2 is 1.76 bits per heavy atom. The van der Waals surface area contributed by atoms with Crippen molar-refractivity contribution < 1.29 is 14.7 Å². The van der Waals surface area contributed by atoms with E-state index < -0.39 is 6.10 Å². The SMILES string of the molecule is CC(C)COCC(O)CN(Cc1ccccc1)CC1CC(c2ccccc2)=NO1. The van der Waals surface area contributed by atoms with Gasteiger partial charge in [0.05, 0.1) is 18.4 Å². The highest BCUT2D eigenvalue weighted by Gasteiger charge is 2.25. The molecule has 2 atom stereocenters. The zero-order valence-corrected chi connectivity index (χ0v) is 17.4. The Balaban J connectivity index is 1.56.